The standard InChI is InChI=1S/C10H20N4S/c1-8(2)15-7-10(12-11)6-9-4-5-14(3)13-9/h4-5,8,10,12H,6-7,11H2,1-3H3. The lowest BCUT2D eigenvalue weighted by Gasteiger charge is -2.15. The van der Waals surface area contributed by atoms with Crippen LogP contribution >= 0.6 is 11.8 Å². The number of rotatable bonds is 6. The van der Waals surface area contributed by atoms with Gasteiger partial charge in [-0.1, -0.05) is 13.8 Å². The van der Waals surface area contributed by atoms with Crippen molar-refractivity contribution in [2.75, 3.05) is 5.75 Å². The van der Waals surface area contributed by atoms with Gasteiger partial charge >= 0.3 is 0 Å². The van der Waals surface area contributed by atoms with Crippen molar-refractivity contribution in [3.63, 3.8) is 0 Å². The van der Waals surface area contributed by atoms with E-state index in [1.807, 2.05) is 35.8 Å². The fraction of sp³-hybridized carbons (Fsp3) is 0.700. The highest BCUT2D eigenvalue weighted by Gasteiger charge is 2.10. The van der Waals surface area contributed by atoms with Gasteiger partial charge in [0, 0.05) is 31.5 Å². The van der Waals surface area contributed by atoms with Crippen LogP contribution in [0, 0.1) is 0 Å². The van der Waals surface area contributed by atoms with E-state index in [-0.39, 0.29) is 0 Å². The van der Waals surface area contributed by atoms with Crippen LogP contribution in [-0.4, -0.2) is 26.8 Å². The molecule has 86 valence electrons. The Hall–Kier alpha value is -0.520. The van der Waals surface area contributed by atoms with Crippen LogP contribution in [-0.2, 0) is 13.5 Å². The monoisotopic (exact) mass is 228 g/mol. The summed E-state index contributed by atoms with van der Waals surface area (Å²) in [5.74, 6) is 6.53. The lowest BCUT2D eigenvalue weighted by molar-refractivity contribution is 0.563. The first kappa shape index (κ1) is 12.5. The minimum absolute atomic E-state index is 0.298. The summed E-state index contributed by atoms with van der Waals surface area (Å²) in [7, 11) is 1.93. The molecule has 15 heavy (non-hydrogen) atoms. The van der Waals surface area contributed by atoms with Crippen LogP contribution in [0.25, 0.3) is 0 Å². The number of hydrazine groups is 1. The maximum absolute atomic E-state index is 5.52. The highest BCUT2D eigenvalue weighted by molar-refractivity contribution is 7.99. The molecule has 0 fully saturated rings. The van der Waals surface area contributed by atoms with E-state index in [4.69, 9.17) is 5.84 Å². The topological polar surface area (TPSA) is 55.9 Å². The second-order valence-corrected chi connectivity index (χ2v) is 5.54. The van der Waals surface area contributed by atoms with E-state index in [1.165, 1.54) is 0 Å². The number of hydrogen-bond acceptors (Lipinski definition) is 4. The number of nitrogens with zero attached hydrogens (tertiary/aromatic N) is 2. The van der Waals surface area contributed by atoms with Gasteiger partial charge in [-0.15, -0.1) is 0 Å². The molecule has 0 aromatic carbocycles. The first-order chi connectivity index (χ1) is 7.11. The zero-order valence-electron chi connectivity index (χ0n) is 9.60. The number of aryl methyl sites for hydroxylation is 1. The lowest BCUT2D eigenvalue weighted by atomic mass is 10.2. The van der Waals surface area contributed by atoms with Crippen molar-refractivity contribution in [2.24, 2.45) is 12.9 Å². The van der Waals surface area contributed by atoms with E-state index < -0.39 is 0 Å². The minimum Gasteiger partial charge on any atom is -0.276 e. The van der Waals surface area contributed by atoms with Crippen molar-refractivity contribution in [2.45, 2.75) is 31.6 Å². The zero-order valence-corrected chi connectivity index (χ0v) is 10.4. The normalized spacial score (nSPS) is 13.4. The molecule has 0 aliphatic heterocycles. The van der Waals surface area contributed by atoms with Gasteiger partial charge in [-0.05, 0) is 11.3 Å². The van der Waals surface area contributed by atoms with Crippen molar-refractivity contribution < 1.29 is 0 Å². The van der Waals surface area contributed by atoms with E-state index in [0.717, 1.165) is 17.9 Å². The van der Waals surface area contributed by atoms with Gasteiger partial charge in [0.1, 0.15) is 0 Å². The predicted octanol–water partition coefficient (Wildman–Crippen LogP) is 0.936. The fourth-order valence-corrected chi connectivity index (χ4v) is 2.13. The van der Waals surface area contributed by atoms with Crippen LogP contribution in [0.5, 0.6) is 0 Å². The van der Waals surface area contributed by atoms with Gasteiger partial charge in [0.15, 0.2) is 0 Å². The molecule has 1 rings (SSSR count). The van der Waals surface area contributed by atoms with Crippen LogP contribution in [0.2, 0.25) is 0 Å². The molecule has 1 heterocycles. The van der Waals surface area contributed by atoms with Crippen molar-refractivity contribution in [3.8, 4) is 0 Å². The number of aromatic nitrogens is 2. The third-order valence-electron chi connectivity index (χ3n) is 2.09. The summed E-state index contributed by atoms with van der Waals surface area (Å²) < 4.78 is 1.82. The van der Waals surface area contributed by atoms with E-state index >= 15 is 0 Å². The Bertz CT molecular complexity index is 285. The lowest BCUT2D eigenvalue weighted by Crippen LogP contribution is -2.39. The van der Waals surface area contributed by atoms with Gasteiger partial charge in [-0.25, -0.2) is 0 Å². The molecular formula is C10H20N4S. The largest absolute Gasteiger partial charge is 0.276 e. The second kappa shape index (κ2) is 6.15. The molecule has 0 saturated heterocycles. The molecule has 3 N–H and O–H groups in total. The number of thioether (sulfide) groups is 1. The smallest absolute Gasteiger partial charge is 0.0640 e. The maximum atomic E-state index is 5.52. The van der Waals surface area contributed by atoms with Crippen molar-refractivity contribution in [3.05, 3.63) is 18.0 Å². The van der Waals surface area contributed by atoms with Crippen LogP contribution in [0.15, 0.2) is 12.3 Å². The van der Waals surface area contributed by atoms with Crippen molar-refractivity contribution in [1.82, 2.24) is 15.2 Å². The summed E-state index contributed by atoms with van der Waals surface area (Å²) in [6.07, 6.45) is 2.84. The molecule has 0 radical (unpaired) electrons. The molecule has 1 unspecified atom stereocenters. The summed E-state index contributed by atoms with van der Waals surface area (Å²) >= 11 is 1.91. The highest BCUT2D eigenvalue weighted by atomic mass is 32.2. The Morgan fingerprint density at radius 2 is 2.33 bits per heavy atom. The molecule has 0 saturated carbocycles. The Labute approximate surface area is 95.6 Å². The van der Waals surface area contributed by atoms with Gasteiger partial charge < -0.3 is 0 Å². The van der Waals surface area contributed by atoms with Crippen LogP contribution in [0.3, 0.4) is 0 Å². The molecule has 1 atom stereocenters. The minimum atomic E-state index is 0.298. The molecule has 0 bridgehead atoms. The Kier molecular flexibility index (Phi) is 5.14. The van der Waals surface area contributed by atoms with E-state index in [1.54, 1.807) is 0 Å². The number of hydrogen-bond donors (Lipinski definition) is 2. The Morgan fingerprint density at radius 1 is 1.60 bits per heavy atom. The van der Waals surface area contributed by atoms with Crippen LogP contribution in [0.4, 0.5) is 0 Å². The summed E-state index contributed by atoms with van der Waals surface area (Å²) in [6.45, 7) is 4.39. The van der Waals surface area contributed by atoms with E-state index in [9.17, 15) is 0 Å². The van der Waals surface area contributed by atoms with Gasteiger partial charge in [-0.3, -0.25) is 16.0 Å². The number of nitrogens with one attached hydrogen (secondary N) is 1. The van der Waals surface area contributed by atoms with E-state index in [2.05, 4.69) is 24.4 Å². The summed E-state index contributed by atoms with van der Waals surface area (Å²) in [4.78, 5) is 0. The maximum Gasteiger partial charge on any atom is 0.0640 e. The fourth-order valence-electron chi connectivity index (χ4n) is 1.30. The predicted molar refractivity (Wildman–Crippen MR) is 65.6 cm³/mol. The average molecular weight is 228 g/mol. The molecule has 0 aliphatic rings. The molecular weight excluding hydrogens is 208 g/mol. The average Bonchev–Trinajstić information content (AvgIpc) is 2.58. The quantitative estimate of drug-likeness (QED) is 0.562. The third kappa shape index (κ3) is 4.68. The van der Waals surface area contributed by atoms with Gasteiger partial charge in [0.05, 0.1) is 5.69 Å². The van der Waals surface area contributed by atoms with Gasteiger partial charge in [0.2, 0.25) is 0 Å². The second-order valence-electron chi connectivity index (χ2n) is 3.93. The summed E-state index contributed by atoms with van der Waals surface area (Å²) in [6, 6.07) is 2.33. The molecule has 0 amide bonds. The third-order valence-corrected chi connectivity index (χ3v) is 3.35. The molecule has 5 heteroatoms. The van der Waals surface area contributed by atoms with Crippen LogP contribution < -0.4 is 11.3 Å². The Morgan fingerprint density at radius 3 is 2.80 bits per heavy atom. The molecule has 0 spiro atoms. The first-order valence-corrected chi connectivity index (χ1v) is 6.23. The Balaban J connectivity index is 2.39. The van der Waals surface area contributed by atoms with E-state index in [0.29, 0.717) is 11.3 Å². The molecule has 4 nitrogen and oxygen atoms in total. The summed E-state index contributed by atoms with van der Waals surface area (Å²) in [5, 5.41) is 4.98. The van der Waals surface area contributed by atoms with Crippen molar-refractivity contribution in [1.29, 1.82) is 0 Å². The van der Waals surface area contributed by atoms with Crippen LogP contribution in [0.1, 0.15) is 19.5 Å². The molecule has 1 aromatic heterocycles. The summed E-state index contributed by atoms with van der Waals surface area (Å²) in [5.41, 5.74) is 3.93. The first-order valence-electron chi connectivity index (χ1n) is 5.18. The zero-order chi connectivity index (χ0) is 11.3. The van der Waals surface area contributed by atoms with Crippen molar-refractivity contribution >= 4 is 11.8 Å². The number of nitrogens with two attached hydrogens (primary N) is 1. The molecule has 0 aliphatic carbocycles. The van der Waals surface area contributed by atoms with Gasteiger partial charge in [0.25, 0.3) is 0 Å². The van der Waals surface area contributed by atoms with Gasteiger partial charge in [-0.2, -0.15) is 16.9 Å². The molecule has 1 aromatic rings. The SMILES string of the molecule is CC(C)SCC(Cc1ccn(C)n1)NN. The highest BCUT2D eigenvalue weighted by Crippen LogP contribution is 2.12.